The van der Waals surface area contributed by atoms with Gasteiger partial charge in [-0.3, -0.25) is 4.79 Å². The maximum atomic E-state index is 11.1. The van der Waals surface area contributed by atoms with Gasteiger partial charge in [-0.25, -0.2) is 0 Å². The maximum Gasteiger partial charge on any atom is 0.158 e. The van der Waals surface area contributed by atoms with Gasteiger partial charge in [-0.15, -0.1) is 0 Å². The van der Waals surface area contributed by atoms with E-state index in [1.807, 2.05) is 71.9 Å². The summed E-state index contributed by atoms with van der Waals surface area (Å²) in [6.45, 7) is 13.6. The quantitative estimate of drug-likeness (QED) is 0.775. The first-order valence-electron chi connectivity index (χ1n) is 7.31. The molecule has 2 nitrogen and oxygen atoms in total. The van der Waals surface area contributed by atoms with E-state index in [0.29, 0.717) is 6.42 Å². The maximum absolute atomic E-state index is 11.1. The summed E-state index contributed by atoms with van der Waals surface area (Å²) in [6, 6.07) is 9.87. The summed E-state index contributed by atoms with van der Waals surface area (Å²) in [5, 5.41) is 0. The summed E-state index contributed by atoms with van der Waals surface area (Å²) in [4.78, 5) is 11.1. The van der Waals surface area contributed by atoms with E-state index in [0.717, 1.165) is 5.56 Å². The fraction of sp³-hybridized carbons (Fsp3) is 0.588. The molecule has 0 N–H and O–H groups in total. The molecule has 0 aromatic heterocycles. The molecule has 0 spiro atoms. The van der Waals surface area contributed by atoms with Crippen LogP contribution in [0.5, 0.6) is 0 Å². The number of hydrogen-bond acceptors (Lipinski definition) is 2. The lowest BCUT2D eigenvalue weighted by molar-refractivity contribution is -0.126. The highest BCUT2D eigenvalue weighted by atomic mass is 16.5. The normalized spacial score (nSPS) is 9.47. The lowest BCUT2D eigenvalue weighted by atomic mass is 10.1. The highest BCUT2D eigenvalue weighted by Gasteiger charge is 2.12. The van der Waals surface area contributed by atoms with E-state index in [-0.39, 0.29) is 11.9 Å². The van der Waals surface area contributed by atoms with Crippen molar-refractivity contribution in [2.24, 2.45) is 0 Å². The van der Waals surface area contributed by atoms with Crippen molar-refractivity contribution in [2.45, 2.75) is 61.0 Å². The third-order valence-corrected chi connectivity index (χ3v) is 2.00. The highest BCUT2D eigenvalue weighted by molar-refractivity contribution is 5.80. The number of ketones is 1. The third-order valence-electron chi connectivity index (χ3n) is 2.00. The molecule has 0 aliphatic rings. The smallest absolute Gasteiger partial charge is 0.158 e. The first kappa shape index (κ1) is 23.0. The minimum Gasteiger partial charge on any atom is -0.373 e. The monoisotopic (exact) mass is 268 g/mol. The lowest BCUT2D eigenvalue weighted by Crippen LogP contribution is -2.22. The Balaban J connectivity index is -0.000000375. The number of methoxy groups -OCH3 is 1. The number of hydrogen-bond donors (Lipinski definition) is 0. The average molecular weight is 268 g/mol. The summed E-state index contributed by atoms with van der Waals surface area (Å²) < 4.78 is 5.07. The summed E-state index contributed by atoms with van der Waals surface area (Å²) in [5.74, 6) is 0.0753. The molecule has 2 heteroatoms. The van der Waals surface area contributed by atoms with Crippen molar-refractivity contribution in [2.75, 3.05) is 7.11 Å². The van der Waals surface area contributed by atoms with Crippen molar-refractivity contribution in [1.82, 2.24) is 0 Å². The number of ether oxygens (including phenoxy) is 1. The Morgan fingerprint density at radius 2 is 1.42 bits per heavy atom. The van der Waals surface area contributed by atoms with E-state index in [1.165, 1.54) is 0 Å². The second-order valence-corrected chi connectivity index (χ2v) is 3.02. The Morgan fingerprint density at radius 3 is 1.74 bits per heavy atom. The van der Waals surface area contributed by atoms with Crippen molar-refractivity contribution < 1.29 is 9.53 Å². The van der Waals surface area contributed by atoms with Crippen LogP contribution in [0.15, 0.2) is 30.3 Å². The second kappa shape index (κ2) is 19.2. The van der Waals surface area contributed by atoms with Crippen molar-refractivity contribution in [3.05, 3.63) is 35.9 Å². The molecule has 19 heavy (non-hydrogen) atoms. The Bertz CT molecular complexity index is 268. The van der Waals surface area contributed by atoms with Crippen LogP contribution < -0.4 is 0 Å². The van der Waals surface area contributed by atoms with E-state index in [9.17, 15) is 4.79 Å². The highest BCUT2D eigenvalue weighted by Crippen LogP contribution is 2.05. The van der Waals surface area contributed by atoms with Crippen molar-refractivity contribution in [1.29, 1.82) is 0 Å². The zero-order chi connectivity index (χ0) is 15.7. The molecule has 1 unspecified atom stereocenters. The molecular formula is C17H32O2. The van der Waals surface area contributed by atoms with Crippen LogP contribution in [0.25, 0.3) is 0 Å². The van der Waals surface area contributed by atoms with Gasteiger partial charge in [0.2, 0.25) is 0 Å². The number of carbonyl (C=O) groups is 1. The largest absolute Gasteiger partial charge is 0.373 e. The summed E-state index contributed by atoms with van der Waals surface area (Å²) in [7, 11) is 1.56. The molecule has 1 aromatic rings. The van der Waals surface area contributed by atoms with E-state index < -0.39 is 0 Å². The van der Waals surface area contributed by atoms with E-state index in [1.54, 1.807) is 14.0 Å². The molecule has 1 aromatic carbocycles. The molecular weight excluding hydrogens is 236 g/mol. The molecule has 0 heterocycles. The molecule has 0 aliphatic carbocycles. The van der Waals surface area contributed by atoms with Crippen LogP contribution in [0.2, 0.25) is 0 Å². The fourth-order valence-electron chi connectivity index (χ4n) is 1.22. The van der Waals surface area contributed by atoms with Crippen molar-refractivity contribution in [3.8, 4) is 0 Å². The molecule has 0 saturated carbocycles. The fourth-order valence-corrected chi connectivity index (χ4v) is 1.22. The van der Waals surface area contributed by atoms with Gasteiger partial charge in [0, 0.05) is 13.5 Å². The summed E-state index contributed by atoms with van der Waals surface area (Å²) in [6.07, 6.45) is 0.356. The van der Waals surface area contributed by atoms with Gasteiger partial charge in [-0.1, -0.05) is 71.9 Å². The van der Waals surface area contributed by atoms with Crippen molar-refractivity contribution in [3.63, 3.8) is 0 Å². The first-order chi connectivity index (χ1) is 9.24. The lowest BCUT2D eigenvalue weighted by Gasteiger charge is -2.11. The zero-order valence-electron chi connectivity index (χ0n) is 14.0. The van der Waals surface area contributed by atoms with E-state index in [2.05, 4.69) is 0 Å². The summed E-state index contributed by atoms with van der Waals surface area (Å²) in [5.41, 5.74) is 1.13. The second-order valence-electron chi connectivity index (χ2n) is 3.02. The number of carbonyl (C=O) groups excluding carboxylic acids is 1. The van der Waals surface area contributed by atoms with Gasteiger partial charge in [0.1, 0.15) is 6.10 Å². The Hall–Kier alpha value is -1.15. The van der Waals surface area contributed by atoms with Crippen LogP contribution in [-0.4, -0.2) is 19.0 Å². The topological polar surface area (TPSA) is 26.3 Å². The molecule has 0 aliphatic heterocycles. The average Bonchev–Trinajstić information content (AvgIpc) is 2.51. The Morgan fingerprint density at radius 1 is 1.00 bits per heavy atom. The van der Waals surface area contributed by atoms with Gasteiger partial charge in [-0.05, 0) is 12.5 Å². The van der Waals surface area contributed by atoms with Gasteiger partial charge in [-0.2, -0.15) is 0 Å². The molecule has 0 amide bonds. The zero-order valence-corrected chi connectivity index (χ0v) is 14.0. The predicted octanol–water partition coefficient (Wildman–Crippen LogP) is 4.91. The molecule has 0 saturated heterocycles. The van der Waals surface area contributed by atoms with Crippen LogP contribution >= 0.6 is 0 Å². The molecule has 0 fully saturated rings. The van der Waals surface area contributed by atoms with Gasteiger partial charge in [0.25, 0.3) is 0 Å². The summed E-state index contributed by atoms with van der Waals surface area (Å²) >= 11 is 0. The van der Waals surface area contributed by atoms with Crippen LogP contribution in [0.1, 0.15) is 54.0 Å². The molecule has 0 radical (unpaired) electrons. The number of Topliss-reactive ketones (excluding diaryl/α,β-unsaturated/α-hetero) is 1. The van der Waals surface area contributed by atoms with Crippen LogP contribution in [-0.2, 0) is 16.0 Å². The molecule has 1 atom stereocenters. The standard InChI is InChI=1S/C11H14O2.3C2H6/c1-9(12)11(13-2)8-10-6-4-3-5-7-10;3*1-2/h3-7,11H,8H2,1-2H3;3*1-2H3. The van der Waals surface area contributed by atoms with E-state index >= 15 is 0 Å². The Labute approximate surface area is 120 Å². The SMILES string of the molecule is CC.CC.CC.COC(Cc1ccccc1)C(C)=O. The first-order valence-corrected chi connectivity index (χ1v) is 7.31. The van der Waals surface area contributed by atoms with Crippen LogP contribution in [0, 0.1) is 0 Å². The molecule has 1 rings (SSSR count). The predicted molar refractivity (Wildman–Crippen MR) is 85.7 cm³/mol. The van der Waals surface area contributed by atoms with Gasteiger partial charge in [0.05, 0.1) is 0 Å². The van der Waals surface area contributed by atoms with Gasteiger partial charge < -0.3 is 4.74 Å². The van der Waals surface area contributed by atoms with Crippen LogP contribution in [0.3, 0.4) is 0 Å². The Kier molecular flexibility index (Phi) is 23.2. The van der Waals surface area contributed by atoms with Gasteiger partial charge in [0.15, 0.2) is 5.78 Å². The van der Waals surface area contributed by atoms with E-state index in [4.69, 9.17) is 4.74 Å². The van der Waals surface area contributed by atoms with Gasteiger partial charge >= 0.3 is 0 Å². The van der Waals surface area contributed by atoms with Crippen molar-refractivity contribution >= 4 is 5.78 Å². The molecule has 0 bridgehead atoms. The molecule has 112 valence electrons. The number of benzene rings is 1. The minimum atomic E-state index is -0.303. The van der Waals surface area contributed by atoms with Crippen LogP contribution in [0.4, 0.5) is 0 Å². The third kappa shape index (κ3) is 13.1. The number of rotatable bonds is 4. The minimum absolute atomic E-state index is 0.0753.